The van der Waals surface area contributed by atoms with Crippen LogP contribution < -0.4 is 5.32 Å². The van der Waals surface area contributed by atoms with Crippen LogP contribution >= 0.6 is 0 Å². The van der Waals surface area contributed by atoms with Crippen molar-refractivity contribution in [1.82, 2.24) is 35.2 Å². The predicted molar refractivity (Wildman–Crippen MR) is 190 cm³/mol. The van der Waals surface area contributed by atoms with E-state index in [0.29, 0.717) is 60.6 Å². The molecule has 3 aromatic carbocycles. The van der Waals surface area contributed by atoms with Gasteiger partial charge in [-0.1, -0.05) is 12.1 Å². The topological polar surface area (TPSA) is 138 Å². The Labute approximate surface area is 297 Å². The van der Waals surface area contributed by atoms with Crippen LogP contribution in [-0.2, 0) is 23.1 Å². The minimum absolute atomic E-state index is 0.0545. The molecule has 0 spiro atoms. The minimum atomic E-state index is -0.982. The number of fused-ring (bicyclic) bond motifs is 2. The van der Waals surface area contributed by atoms with Gasteiger partial charge in [-0.25, -0.2) is 4.39 Å². The standard InChI is InChI=1S/C39H43FN8O3/c1-24(42-23-34(49)48-18-6-7-31(48)22-41)21-39(38-43-35(44-45-38)25-10-14-30(40)15-11-25)32-16-12-28(36(50)46(2)3)19-26(32)8-9-27-20-29(13-17-33(27)39)37(51)47(4)5/h10-17,19-20,24,31,42H,6-9,18,21,23H2,1-5H3,(H,43,44,45)/t24-,31+/m1/s1. The lowest BCUT2D eigenvalue weighted by atomic mass is 9.67. The molecule has 1 fully saturated rings. The predicted octanol–water partition coefficient (Wildman–Crippen LogP) is 4.33. The number of amides is 3. The van der Waals surface area contributed by atoms with Crippen molar-refractivity contribution in [3.8, 4) is 17.5 Å². The van der Waals surface area contributed by atoms with Crippen LogP contribution in [0.15, 0.2) is 60.7 Å². The summed E-state index contributed by atoms with van der Waals surface area (Å²) >= 11 is 0. The Balaban J connectivity index is 1.51. The molecule has 1 saturated heterocycles. The number of carbonyl (C=O) groups excluding carboxylic acids is 3. The molecule has 2 N–H and O–H groups in total. The number of hydrogen-bond acceptors (Lipinski definition) is 7. The third kappa shape index (κ3) is 6.86. The third-order valence-electron chi connectivity index (χ3n) is 10.0. The fourth-order valence-corrected chi connectivity index (χ4v) is 7.49. The van der Waals surface area contributed by atoms with Crippen molar-refractivity contribution in [2.45, 2.75) is 56.5 Å². The number of nitriles is 1. The maximum Gasteiger partial charge on any atom is 0.253 e. The maximum atomic E-state index is 13.9. The van der Waals surface area contributed by atoms with Crippen LogP contribution in [0.2, 0.25) is 0 Å². The molecule has 51 heavy (non-hydrogen) atoms. The summed E-state index contributed by atoms with van der Waals surface area (Å²) < 4.78 is 13.9. The molecule has 2 aliphatic rings. The second-order valence-corrected chi connectivity index (χ2v) is 13.9. The summed E-state index contributed by atoms with van der Waals surface area (Å²) in [6.45, 7) is 2.62. The van der Waals surface area contributed by atoms with Crippen molar-refractivity contribution < 1.29 is 18.8 Å². The molecule has 1 aliphatic heterocycles. The number of rotatable bonds is 9. The first-order valence-electron chi connectivity index (χ1n) is 17.2. The van der Waals surface area contributed by atoms with Gasteiger partial charge in [0.25, 0.3) is 11.8 Å². The number of likely N-dealkylation sites (tertiary alicyclic amines) is 1. The van der Waals surface area contributed by atoms with Crippen molar-refractivity contribution in [3.63, 3.8) is 0 Å². The zero-order valence-corrected chi connectivity index (χ0v) is 29.7. The van der Waals surface area contributed by atoms with Gasteiger partial charge >= 0.3 is 0 Å². The Morgan fingerprint density at radius 2 is 1.55 bits per heavy atom. The van der Waals surface area contributed by atoms with Gasteiger partial charge in [0, 0.05) is 57.5 Å². The lowest BCUT2D eigenvalue weighted by Gasteiger charge is -2.37. The van der Waals surface area contributed by atoms with Crippen molar-refractivity contribution in [1.29, 1.82) is 5.26 Å². The SMILES string of the molecule is C[C@H](CC1(c2nnc(-c3ccc(F)cc3)[nH]2)c2ccc(C(=O)N(C)C)cc2CCc2cc(C(=O)N(C)C)ccc21)NCC(=O)N1CCC[C@H]1C#N. The van der Waals surface area contributed by atoms with Crippen molar-refractivity contribution in [3.05, 3.63) is 106 Å². The van der Waals surface area contributed by atoms with Gasteiger partial charge in [-0.15, -0.1) is 10.2 Å². The van der Waals surface area contributed by atoms with Crippen LogP contribution in [-0.4, -0.2) is 101 Å². The number of nitrogens with zero attached hydrogens (tertiary/aromatic N) is 6. The van der Waals surface area contributed by atoms with Gasteiger partial charge in [-0.3, -0.25) is 14.4 Å². The second kappa shape index (κ2) is 14.4. The summed E-state index contributed by atoms with van der Waals surface area (Å²) in [6, 6.07) is 19.1. The van der Waals surface area contributed by atoms with Crippen LogP contribution in [0.5, 0.6) is 0 Å². The number of carbonyl (C=O) groups is 3. The Hall–Kier alpha value is -5.41. The highest BCUT2D eigenvalue weighted by molar-refractivity contribution is 5.95. The largest absolute Gasteiger partial charge is 0.345 e. The first-order valence-corrected chi connectivity index (χ1v) is 17.2. The highest BCUT2D eigenvalue weighted by atomic mass is 19.1. The Kier molecular flexibility index (Phi) is 10.0. The maximum absolute atomic E-state index is 13.9. The average molecular weight is 691 g/mol. The molecule has 4 aromatic rings. The average Bonchev–Trinajstić information content (AvgIpc) is 3.80. The highest BCUT2D eigenvalue weighted by Gasteiger charge is 2.45. The highest BCUT2D eigenvalue weighted by Crippen LogP contribution is 2.47. The minimum Gasteiger partial charge on any atom is -0.345 e. The Bertz CT molecular complexity index is 1930. The molecular formula is C39H43FN8O3. The van der Waals surface area contributed by atoms with Gasteiger partial charge in [0.05, 0.1) is 18.0 Å². The number of aromatic nitrogens is 3. The van der Waals surface area contributed by atoms with E-state index in [4.69, 9.17) is 5.10 Å². The Morgan fingerprint density at radius 1 is 0.961 bits per heavy atom. The Morgan fingerprint density at radius 3 is 2.10 bits per heavy atom. The molecule has 6 rings (SSSR count). The molecule has 3 amide bonds. The van der Waals surface area contributed by atoms with Crippen LogP contribution in [0, 0.1) is 17.1 Å². The third-order valence-corrected chi connectivity index (χ3v) is 10.0. The molecular weight excluding hydrogens is 647 g/mol. The number of aromatic amines is 1. The molecule has 0 bridgehead atoms. The normalized spacial score (nSPS) is 16.7. The van der Waals surface area contributed by atoms with Gasteiger partial charge < -0.3 is 25.0 Å². The molecule has 1 aliphatic carbocycles. The molecule has 0 saturated carbocycles. The summed E-state index contributed by atoms with van der Waals surface area (Å²) in [4.78, 5) is 47.9. The summed E-state index contributed by atoms with van der Waals surface area (Å²) in [6.07, 6.45) is 3.09. The van der Waals surface area contributed by atoms with E-state index >= 15 is 0 Å². The van der Waals surface area contributed by atoms with E-state index in [0.717, 1.165) is 28.7 Å². The summed E-state index contributed by atoms with van der Waals surface area (Å²) in [5, 5.41) is 22.3. The lowest BCUT2D eigenvalue weighted by Crippen LogP contribution is -2.45. The second-order valence-electron chi connectivity index (χ2n) is 13.9. The van der Waals surface area contributed by atoms with Crippen molar-refractivity contribution in [2.75, 3.05) is 41.3 Å². The van der Waals surface area contributed by atoms with Crippen LogP contribution in [0.25, 0.3) is 11.4 Å². The zero-order chi connectivity index (χ0) is 36.4. The molecule has 264 valence electrons. The van der Waals surface area contributed by atoms with Gasteiger partial charge in [-0.05, 0) is 110 Å². The van der Waals surface area contributed by atoms with E-state index in [1.54, 1.807) is 55.0 Å². The van der Waals surface area contributed by atoms with Crippen LogP contribution in [0.4, 0.5) is 4.39 Å². The van der Waals surface area contributed by atoms with E-state index in [2.05, 4.69) is 21.5 Å². The van der Waals surface area contributed by atoms with E-state index in [1.165, 1.54) is 12.1 Å². The number of hydrogen-bond donors (Lipinski definition) is 2. The first kappa shape index (κ1) is 35.4. The molecule has 2 atom stereocenters. The van der Waals surface area contributed by atoms with E-state index in [1.807, 2.05) is 43.3 Å². The summed E-state index contributed by atoms with van der Waals surface area (Å²) in [7, 11) is 6.88. The van der Waals surface area contributed by atoms with Gasteiger partial charge in [0.1, 0.15) is 17.7 Å². The zero-order valence-electron chi connectivity index (χ0n) is 29.7. The van der Waals surface area contributed by atoms with Gasteiger partial charge in [0.2, 0.25) is 5.91 Å². The fourth-order valence-electron chi connectivity index (χ4n) is 7.49. The first-order chi connectivity index (χ1) is 24.4. The molecule has 1 aromatic heterocycles. The molecule has 12 heteroatoms. The number of benzene rings is 3. The monoisotopic (exact) mass is 690 g/mol. The lowest BCUT2D eigenvalue weighted by molar-refractivity contribution is -0.130. The van der Waals surface area contributed by atoms with Gasteiger partial charge in [-0.2, -0.15) is 5.26 Å². The number of nitrogens with one attached hydrogen (secondary N) is 2. The fraction of sp³-hybridized carbons (Fsp3) is 0.385. The number of aryl methyl sites for hydroxylation is 2. The number of H-pyrrole nitrogens is 1. The summed E-state index contributed by atoms with van der Waals surface area (Å²) in [5.74, 6) is 0.272. The molecule has 0 radical (unpaired) electrons. The van der Waals surface area contributed by atoms with Gasteiger partial charge in [0.15, 0.2) is 5.82 Å². The quantitative estimate of drug-likeness (QED) is 0.267. The van der Waals surface area contributed by atoms with Crippen molar-refractivity contribution in [2.24, 2.45) is 0 Å². The van der Waals surface area contributed by atoms with Crippen LogP contribution in [0.1, 0.15) is 75.0 Å². The summed E-state index contributed by atoms with van der Waals surface area (Å²) in [5.41, 5.74) is 4.55. The smallest absolute Gasteiger partial charge is 0.253 e. The van der Waals surface area contributed by atoms with Crippen LogP contribution in [0.3, 0.4) is 0 Å². The van der Waals surface area contributed by atoms with E-state index < -0.39 is 11.5 Å². The number of halogens is 1. The van der Waals surface area contributed by atoms with E-state index in [-0.39, 0.29) is 36.1 Å². The van der Waals surface area contributed by atoms with E-state index in [9.17, 15) is 24.0 Å². The molecule has 0 unspecified atom stereocenters. The van der Waals surface area contributed by atoms with Crippen molar-refractivity contribution >= 4 is 17.7 Å². The molecule has 2 heterocycles. The molecule has 11 nitrogen and oxygen atoms in total.